The Labute approximate surface area is 145 Å². The zero-order valence-corrected chi connectivity index (χ0v) is 13.8. The van der Waals surface area contributed by atoms with Crippen LogP contribution in [0.15, 0.2) is 79.0 Å². The fourth-order valence-corrected chi connectivity index (χ4v) is 2.84. The third kappa shape index (κ3) is 2.90. The molecule has 0 aliphatic rings. The minimum absolute atomic E-state index is 0.152. The lowest BCUT2D eigenvalue weighted by atomic mass is 10.1. The maximum Gasteiger partial charge on any atom is 0.256 e. The van der Waals surface area contributed by atoms with E-state index in [4.69, 9.17) is 4.98 Å². The van der Waals surface area contributed by atoms with E-state index in [1.165, 1.54) is 0 Å². The minimum Gasteiger partial charge on any atom is -0.306 e. The Bertz CT molecular complexity index is 1040. The standard InChI is InChI=1S/C21H17N3O/c1-15-12-13-18-22-19(16-8-4-2-5-9-16)20(24(18)14-15)23-21(25)17-10-6-3-7-11-17/h2-14H,1H3,(H,23,25). The van der Waals surface area contributed by atoms with Crippen LogP contribution in [0.2, 0.25) is 0 Å². The molecule has 0 aliphatic carbocycles. The third-order valence-electron chi connectivity index (χ3n) is 4.08. The number of rotatable bonds is 3. The average Bonchev–Trinajstić information content (AvgIpc) is 3.01. The van der Waals surface area contributed by atoms with Crippen molar-refractivity contribution >= 4 is 17.4 Å². The van der Waals surface area contributed by atoms with Gasteiger partial charge in [0.25, 0.3) is 5.91 Å². The van der Waals surface area contributed by atoms with Crippen LogP contribution in [-0.2, 0) is 0 Å². The zero-order valence-electron chi connectivity index (χ0n) is 13.8. The summed E-state index contributed by atoms with van der Waals surface area (Å²) in [6.07, 6.45) is 1.98. The lowest BCUT2D eigenvalue weighted by Gasteiger charge is -2.08. The van der Waals surface area contributed by atoms with Gasteiger partial charge in [-0.05, 0) is 30.7 Å². The molecule has 4 aromatic rings. The number of hydrogen-bond donors (Lipinski definition) is 1. The van der Waals surface area contributed by atoms with Gasteiger partial charge in [-0.1, -0.05) is 54.6 Å². The topological polar surface area (TPSA) is 46.4 Å². The highest BCUT2D eigenvalue weighted by Gasteiger charge is 2.17. The van der Waals surface area contributed by atoms with Gasteiger partial charge >= 0.3 is 0 Å². The SMILES string of the molecule is Cc1ccc2nc(-c3ccccc3)c(NC(=O)c3ccccc3)n2c1. The second-order valence-electron chi connectivity index (χ2n) is 5.93. The van der Waals surface area contributed by atoms with Gasteiger partial charge in [-0.3, -0.25) is 9.20 Å². The minimum atomic E-state index is -0.152. The number of imidazole rings is 1. The van der Waals surface area contributed by atoms with Crippen LogP contribution in [0.4, 0.5) is 5.82 Å². The summed E-state index contributed by atoms with van der Waals surface area (Å²) in [6.45, 7) is 2.02. The highest BCUT2D eigenvalue weighted by Crippen LogP contribution is 2.29. The first-order chi connectivity index (χ1) is 12.2. The summed E-state index contributed by atoms with van der Waals surface area (Å²) in [7, 11) is 0. The van der Waals surface area contributed by atoms with Crippen LogP contribution in [0.5, 0.6) is 0 Å². The maximum atomic E-state index is 12.7. The molecule has 0 saturated carbocycles. The Balaban J connectivity index is 1.85. The van der Waals surface area contributed by atoms with E-state index in [2.05, 4.69) is 5.32 Å². The molecule has 122 valence electrons. The van der Waals surface area contributed by atoms with Crippen molar-refractivity contribution in [1.82, 2.24) is 9.38 Å². The number of aryl methyl sites for hydroxylation is 1. The molecule has 0 saturated heterocycles. The van der Waals surface area contributed by atoms with Gasteiger partial charge in [0.1, 0.15) is 17.2 Å². The number of aromatic nitrogens is 2. The van der Waals surface area contributed by atoms with Crippen LogP contribution >= 0.6 is 0 Å². The molecule has 25 heavy (non-hydrogen) atoms. The molecule has 0 fully saturated rings. The lowest BCUT2D eigenvalue weighted by Crippen LogP contribution is -2.14. The first-order valence-corrected chi connectivity index (χ1v) is 8.13. The van der Waals surface area contributed by atoms with Crippen molar-refractivity contribution in [3.63, 3.8) is 0 Å². The van der Waals surface area contributed by atoms with Gasteiger partial charge in [-0.15, -0.1) is 0 Å². The predicted molar refractivity (Wildman–Crippen MR) is 99.8 cm³/mol. The first-order valence-electron chi connectivity index (χ1n) is 8.13. The molecule has 0 atom stereocenters. The van der Waals surface area contributed by atoms with Gasteiger partial charge < -0.3 is 5.32 Å². The second kappa shape index (κ2) is 6.24. The number of anilines is 1. The van der Waals surface area contributed by atoms with Crippen molar-refractivity contribution in [2.45, 2.75) is 6.92 Å². The molecule has 1 amide bonds. The summed E-state index contributed by atoms with van der Waals surface area (Å²) < 4.78 is 1.93. The molecule has 0 unspecified atom stereocenters. The predicted octanol–water partition coefficient (Wildman–Crippen LogP) is 4.56. The lowest BCUT2D eigenvalue weighted by molar-refractivity contribution is 0.102. The van der Waals surface area contributed by atoms with E-state index < -0.39 is 0 Å². The zero-order chi connectivity index (χ0) is 17.2. The Morgan fingerprint density at radius 2 is 1.60 bits per heavy atom. The van der Waals surface area contributed by atoms with E-state index in [-0.39, 0.29) is 5.91 Å². The number of amides is 1. The first kappa shape index (κ1) is 15.1. The molecule has 4 nitrogen and oxygen atoms in total. The van der Waals surface area contributed by atoms with Gasteiger partial charge in [-0.2, -0.15) is 0 Å². The van der Waals surface area contributed by atoms with E-state index in [9.17, 15) is 4.79 Å². The largest absolute Gasteiger partial charge is 0.306 e. The molecule has 2 aromatic carbocycles. The number of carbonyl (C=O) groups is 1. The highest BCUT2D eigenvalue weighted by molar-refractivity contribution is 6.05. The van der Waals surface area contributed by atoms with Crippen molar-refractivity contribution in [1.29, 1.82) is 0 Å². The van der Waals surface area contributed by atoms with Crippen LogP contribution in [0, 0.1) is 6.92 Å². The van der Waals surface area contributed by atoms with E-state index >= 15 is 0 Å². The number of pyridine rings is 1. The molecule has 0 bridgehead atoms. The molecule has 0 spiro atoms. The quantitative estimate of drug-likeness (QED) is 0.599. The molecular weight excluding hydrogens is 310 g/mol. The maximum absolute atomic E-state index is 12.7. The molecule has 2 aromatic heterocycles. The van der Waals surface area contributed by atoms with Crippen molar-refractivity contribution < 1.29 is 4.79 Å². The van der Waals surface area contributed by atoms with Crippen molar-refractivity contribution in [3.05, 3.63) is 90.1 Å². The molecule has 1 N–H and O–H groups in total. The highest BCUT2D eigenvalue weighted by atomic mass is 16.1. The number of nitrogens with one attached hydrogen (secondary N) is 1. The van der Waals surface area contributed by atoms with E-state index in [0.29, 0.717) is 11.4 Å². The fourth-order valence-electron chi connectivity index (χ4n) is 2.84. The molecular formula is C21H17N3O. The smallest absolute Gasteiger partial charge is 0.256 e. The Morgan fingerprint density at radius 1 is 0.920 bits per heavy atom. The Morgan fingerprint density at radius 3 is 2.32 bits per heavy atom. The monoisotopic (exact) mass is 327 g/mol. The van der Waals surface area contributed by atoms with Crippen molar-refractivity contribution in [2.75, 3.05) is 5.32 Å². The Kier molecular flexibility index (Phi) is 3.78. The van der Waals surface area contributed by atoms with E-state index in [1.54, 1.807) is 12.1 Å². The van der Waals surface area contributed by atoms with Crippen LogP contribution in [0.1, 0.15) is 15.9 Å². The van der Waals surface area contributed by atoms with Gasteiger partial charge in [0, 0.05) is 17.3 Å². The normalized spacial score (nSPS) is 10.8. The van der Waals surface area contributed by atoms with E-state index in [0.717, 1.165) is 22.5 Å². The number of hydrogen-bond acceptors (Lipinski definition) is 2. The molecule has 4 heteroatoms. The van der Waals surface area contributed by atoms with E-state index in [1.807, 2.05) is 78.2 Å². The number of nitrogens with zero attached hydrogens (tertiary/aromatic N) is 2. The van der Waals surface area contributed by atoms with Crippen molar-refractivity contribution in [2.24, 2.45) is 0 Å². The molecule has 0 aliphatic heterocycles. The summed E-state index contributed by atoms with van der Waals surface area (Å²) in [5.74, 6) is 0.528. The number of fused-ring (bicyclic) bond motifs is 1. The number of benzene rings is 2. The van der Waals surface area contributed by atoms with Crippen LogP contribution in [-0.4, -0.2) is 15.3 Å². The average molecular weight is 327 g/mol. The third-order valence-corrected chi connectivity index (χ3v) is 4.08. The summed E-state index contributed by atoms with van der Waals surface area (Å²) in [4.78, 5) is 17.4. The summed E-state index contributed by atoms with van der Waals surface area (Å²) in [5.41, 5.74) is 4.24. The van der Waals surface area contributed by atoms with Crippen LogP contribution in [0.25, 0.3) is 16.9 Å². The summed E-state index contributed by atoms with van der Waals surface area (Å²) in [5, 5.41) is 3.04. The molecule has 2 heterocycles. The molecule has 4 rings (SSSR count). The van der Waals surface area contributed by atoms with Crippen molar-refractivity contribution in [3.8, 4) is 11.3 Å². The van der Waals surface area contributed by atoms with Crippen LogP contribution < -0.4 is 5.32 Å². The molecule has 0 radical (unpaired) electrons. The fraction of sp³-hybridized carbons (Fsp3) is 0.0476. The van der Waals surface area contributed by atoms with Gasteiger partial charge in [0.2, 0.25) is 0 Å². The second-order valence-corrected chi connectivity index (χ2v) is 5.93. The van der Waals surface area contributed by atoms with Gasteiger partial charge in [0.05, 0.1) is 0 Å². The number of carbonyl (C=O) groups excluding carboxylic acids is 1. The van der Waals surface area contributed by atoms with Crippen LogP contribution in [0.3, 0.4) is 0 Å². The van der Waals surface area contributed by atoms with Gasteiger partial charge in [0.15, 0.2) is 0 Å². The Hall–Kier alpha value is -3.40. The summed E-state index contributed by atoms with van der Waals surface area (Å²) in [6, 6.07) is 23.0. The summed E-state index contributed by atoms with van der Waals surface area (Å²) >= 11 is 0. The van der Waals surface area contributed by atoms with Gasteiger partial charge in [-0.25, -0.2) is 4.98 Å².